The number of ether oxygens (including phenoxy) is 2. The van der Waals surface area contributed by atoms with E-state index in [2.05, 4.69) is 15.3 Å². The third-order valence-corrected chi connectivity index (χ3v) is 2.65. The Labute approximate surface area is 120 Å². The lowest BCUT2D eigenvalue weighted by molar-refractivity contribution is 0.0524. The molecule has 110 valence electrons. The van der Waals surface area contributed by atoms with Crippen molar-refractivity contribution in [2.24, 2.45) is 0 Å². The van der Waals surface area contributed by atoms with Crippen molar-refractivity contribution in [1.82, 2.24) is 9.97 Å². The Bertz CT molecular complexity index is 697. The Morgan fingerprint density at radius 2 is 2.14 bits per heavy atom. The van der Waals surface area contributed by atoms with Gasteiger partial charge in [-0.3, -0.25) is 9.78 Å². The number of carbonyl (C=O) groups is 1. The van der Waals surface area contributed by atoms with Gasteiger partial charge in [-0.1, -0.05) is 12.1 Å². The average molecular weight is 289 g/mol. The molecule has 0 atom stereocenters. The normalized spacial score (nSPS) is 10.0. The van der Waals surface area contributed by atoms with Gasteiger partial charge >= 0.3 is 5.97 Å². The minimum atomic E-state index is -0.699. The number of aromatic amines is 1. The highest BCUT2D eigenvalue weighted by Gasteiger charge is 2.13. The smallest absolute Gasteiger partial charge is 0.345 e. The molecule has 0 unspecified atom stereocenters. The van der Waals surface area contributed by atoms with E-state index in [0.717, 1.165) is 0 Å². The quantitative estimate of drug-likeness (QED) is 0.814. The molecule has 1 heterocycles. The van der Waals surface area contributed by atoms with Gasteiger partial charge in [-0.15, -0.1) is 0 Å². The summed E-state index contributed by atoms with van der Waals surface area (Å²) in [5, 5.41) is 2.92. The molecule has 7 heteroatoms. The third-order valence-electron chi connectivity index (χ3n) is 2.65. The molecule has 0 spiro atoms. The number of rotatable bonds is 5. The second-order valence-corrected chi connectivity index (χ2v) is 4.02. The Morgan fingerprint density at radius 1 is 1.38 bits per heavy atom. The zero-order valence-electron chi connectivity index (χ0n) is 11.7. The molecule has 0 radical (unpaired) electrons. The van der Waals surface area contributed by atoms with Crippen LogP contribution in [0.5, 0.6) is 5.75 Å². The van der Waals surface area contributed by atoms with E-state index in [-0.39, 0.29) is 18.1 Å². The summed E-state index contributed by atoms with van der Waals surface area (Å²) in [6.45, 7) is 1.86. The maximum absolute atomic E-state index is 11.8. The molecule has 0 aliphatic rings. The fourth-order valence-corrected chi connectivity index (χ4v) is 1.69. The molecule has 0 bridgehead atoms. The van der Waals surface area contributed by atoms with E-state index in [1.807, 2.05) is 12.1 Å². The number of esters is 1. The number of hydrogen-bond acceptors (Lipinski definition) is 6. The highest BCUT2D eigenvalue weighted by atomic mass is 16.5. The number of aromatic nitrogens is 2. The molecule has 0 fully saturated rings. The zero-order valence-corrected chi connectivity index (χ0v) is 11.7. The first kappa shape index (κ1) is 14.6. The van der Waals surface area contributed by atoms with Gasteiger partial charge < -0.3 is 14.8 Å². The Morgan fingerprint density at radius 3 is 2.81 bits per heavy atom. The van der Waals surface area contributed by atoms with E-state index in [0.29, 0.717) is 11.4 Å². The Hall–Kier alpha value is -2.83. The molecule has 2 N–H and O–H groups in total. The van der Waals surface area contributed by atoms with Crippen molar-refractivity contribution in [3.63, 3.8) is 0 Å². The summed E-state index contributed by atoms with van der Waals surface area (Å²) >= 11 is 0. The summed E-state index contributed by atoms with van der Waals surface area (Å²) in [5.74, 6) is 0.113. The number of H-pyrrole nitrogens is 1. The highest BCUT2D eigenvalue weighted by molar-refractivity contribution is 5.88. The number of nitrogens with one attached hydrogen (secondary N) is 2. The summed E-state index contributed by atoms with van der Waals surface area (Å²) in [6.07, 6.45) is 1.18. The second-order valence-electron chi connectivity index (χ2n) is 4.02. The number of methoxy groups -OCH3 is 1. The molecule has 0 aliphatic carbocycles. The third kappa shape index (κ3) is 3.38. The minimum Gasteiger partial charge on any atom is -0.495 e. The summed E-state index contributed by atoms with van der Waals surface area (Å²) < 4.78 is 9.95. The number of para-hydroxylation sites is 2. The number of benzene rings is 1. The molecular weight excluding hydrogens is 274 g/mol. The van der Waals surface area contributed by atoms with Crippen LogP contribution >= 0.6 is 0 Å². The molecular formula is C14H15N3O4. The average Bonchev–Trinajstić information content (AvgIpc) is 2.48. The van der Waals surface area contributed by atoms with Crippen LogP contribution in [-0.4, -0.2) is 29.7 Å². The summed E-state index contributed by atoms with van der Waals surface area (Å²) in [5.41, 5.74) is -0.0599. The molecule has 1 aromatic carbocycles. The second kappa shape index (κ2) is 6.56. The van der Waals surface area contributed by atoms with Gasteiger partial charge in [-0.05, 0) is 19.1 Å². The van der Waals surface area contributed by atoms with Gasteiger partial charge in [0.25, 0.3) is 5.56 Å². The minimum absolute atomic E-state index is 0.137. The Kier molecular flexibility index (Phi) is 4.55. The number of anilines is 2. The highest BCUT2D eigenvalue weighted by Crippen LogP contribution is 2.24. The molecule has 2 rings (SSSR count). The lowest BCUT2D eigenvalue weighted by atomic mass is 10.3. The van der Waals surface area contributed by atoms with Gasteiger partial charge in [0.05, 0.1) is 25.6 Å². The van der Waals surface area contributed by atoms with Crippen LogP contribution in [0.2, 0.25) is 0 Å². The van der Waals surface area contributed by atoms with Crippen LogP contribution in [0, 0.1) is 0 Å². The van der Waals surface area contributed by atoms with Crippen molar-refractivity contribution < 1.29 is 14.3 Å². The van der Waals surface area contributed by atoms with Crippen molar-refractivity contribution >= 4 is 17.6 Å². The van der Waals surface area contributed by atoms with Crippen LogP contribution in [0.15, 0.2) is 35.3 Å². The molecule has 0 amide bonds. The van der Waals surface area contributed by atoms with Crippen LogP contribution < -0.4 is 15.6 Å². The lowest BCUT2D eigenvalue weighted by Crippen LogP contribution is -2.21. The summed E-state index contributed by atoms with van der Waals surface area (Å²) in [7, 11) is 1.54. The molecule has 0 saturated carbocycles. The zero-order chi connectivity index (χ0) is 15.2. The van der Waals surface area contributed by atoms with Gasteiger partial charge in [0, 0.05) is 0 Å². The summed E-state index contributed by atoms with van der Waals surface area (Å²) in [4.78, 5) is 29.8. The predicted molar refractivity (Wildman–Crippen MR) is 77.1 cm³/mol. The lowest BCUT2D eigenvalue weighted by Gasteiger charge is -2.10. The van der Waals surface area contributed by atoms with E-state index in [1.165, 1.54) is 6.20 Å². The molecule has 0 saturated heterocycles. The molecule has 1 aromatic heterocycles. The molecule has 0 aliphatic heterocycles. The maximum atomic E-state index is 11.8. The van der Waals surface area contributed by atoms with Gasteiger partial charge in [0.2, 0.25) is 5.95 Å². The number of nitrogens with zero attached hydrogens (tertiary/aromatic N) is 1. The number of carbonyl (C=O) groups excluding carboxylic acids is 1. The largest absolute Gasteiger partial charge is 0.495 e. The SMILES string of the molecule is CCOC(=O)c1cnc(Nc2ccccc2OC)[nH]c1=O. The van der Waals surface area contributed by atoms with Crippen LogP contribution in [-0.2, 0) is 4.74 Å². The van der Waals surface area contributed by atoms with E-state index in [4.69, 9.17) is 9.47 Å². The van der Waals surface area contributed by atoms with Crippen molar-refractivity contribution in [3.8, 4) is 5.75 Å². The van der Waals surface area contributed by atoms with Crippen molar-refractivity contribution in [1.29, 1.82) is 0 Å². The van der Waals surface area contributed by atoms with Crippen molar-refractivity contribution in [2.75, 3.05) is 19.0 Å². The van der Waals surface area contributed by atoms with Crippen LogP contribution in [0.1, 0.15) is 17.3 Å². The first-order valence-electron chi connectivity index (χ1n) is 6.32. The first-order chi connectivity index (χ1) is 10.2. The molecule has 7 nitrogen and oxygen atoms in total. The predicted octanol–water partition coefficient (Wildman–Crippen LogP) is 1.70. The Balaban J connectivity index is 2.25. The fraction of sp³-hybridized carbons (Fsp3) is 0.214. The number of hydrogen-bond donors (Lipinski definition) is 2. The van der Waals surface area contributed by atoms with E-state index in [1.54, 1.807) is 26.2 Å². The maximum Gasteiger partial charge on any atom is 0.345 e. The van der Waals surface area contributed by atoms with Crippen LogP contribution in [0.25, 0.3) is 0 Å². The van der Waals surface area contributed by atoms with Gasteiger partial charge in [-0.25, -0.2) is 9.78 Å². The van der Waals surface area contributed by atoms with Crippen LogP contribution in [0.3, 0.4) is 0 Å². The van der Waals surface area contributed by atoms with E-state index in [9.17, 15) is 9.59 Å². The van der Waals surface area contributed by atoms with E-state index < -0.39 is 11.5 Å². The fourth-order valence-electron chi connectivity index (χ4n) is 1.69. The van der Waals surface area contributed by atoms with Gasteiger partial charge in [-0.2, -0.15) is 0 Å². The van der Waals surface area contributed by atoms with Gasteiger partial charge in [0.15, 0.2) is 0 Å². The standard InChI is InChI=1S/C14H15N3O4/c1-3-21-13(19)9-8-15-14(17-12(9)18)16-10-6-4-5-7-11(10)20-2/h4-8H,3H2,1-2H3,(H2,15,16,17,18). The summed E-state index contributed by atoms with van der Waals surface area (Å²) in [6, 6.07) is 7.19. The molecule has 21 heavy (non-hydrogen) atoms. The first-order valence-corrected chi connectivity index (χ1v) is 6.32. The topological polar surface area (TPSA) is 93.3 Å². The van der Waals surface area contributed by atoms with Gasteiger partial charge in [0.1, 0.15) is 11.3 Å². The van der Waals surface area contributed by atoms with Crippen LogP contribution in [0.4, 0.5) is 11.6 Å². The van der Waals surface area contributed by atoms with Crippen molar-refractivity contribution in [3.05, 3.63) is 46.4 Å². The molecule has 2 aromatic rings. The monoisotopic (exact) mass is 289 g/mol. The van der Waals surface area contributed by atoms with E-state index >= 15 is 0 Å². The van der Waals surface area contributed by atoms with Crippen molar-refractivity contribution in [2.45, 2.75) is 6.92 Å².